The Morgan fingerprint density at radius 1 is 1.23 bits per heavy atom. The average Bonchev–Trinajstić information content (AvgIpc) is 2.69. The first-order chi connectivity index (χ1) is 6.45. The van der Waals surface area contributed by atoms with Crippen LogP contribution >= 0.6 is 0 Å². The summed E-state index contributed by atoms with van der Waals surface area (Å²) in [4.78, 5) is 5.18. The van der Waals surface area contributed by atoms with E-state index in [4.69, 9.17) is 0 Å². The molecule has 0 aliphatic heterocycles. The predicted molar refractivity (Wildman–Crippen MR) is 49.5 cm³/mol. The van der Waals surface area contributed by atoms with Crippen LogP contribution in [0.15, 0.2) is 48.1 Å². The quantitative estimate of drug-likeness (QED) is 0.638. The highest BCUT2D eigenvalue weighted by atomic mass is 15.5. The minimum Gasteiger partial charge on any atom is -0.221 e. The lowest BCUT2D eigenvalue weighted by molar-refractivity contribution is 0.743. The average molecular weight is 172 g/mol. The van der Waals surface area contributed by atoms with Gasteiger partial charge < -0.3 is 0 Å². The molecule has 0 bridgehead atoms. The van der Waals surface area contributed by atoms with E-state index in [0.29, 0.717) is 0 Å². The van der Waals surface area contributed by atoms with Crippen molar-refractivity contribution >= 4 is 6.21 Å². The number of aromatic nitrogens is 3. The molecule has 0 atom stereocenters. The number of benzene rings is 1. The molecule has 64 valence electrons. The molecule has 4 nitrogen and oxygen atoms in total. The first-order valence-corrected chi connectivity index (χ1v) is 3.89. The van der Waals surface area contributed by atoms with Crippen molar-refractivity contribution in [3.05, 3.63) is 48.5 Å². The molecular weight excluding hydrogens is 164 g/mol. The molecule has 1 aromatic heterocycles. The number of hydrogen-bond acceptors (Lipinski definition) is 3. The molecule has 2 aromatic rings. The summed E-state index contributed by atoms with van der Waals surface area (Å²) in [6.45, 7) is 0. The Balaban J connectivity index is 2.15. The molecule has 0 saturated heterocycles. The second-order valence-electron chi connectivity index (χ2n) is 2.47. The van der Waals surface area contributed by atoms with Crippen LogP contribution in [0.3, 0.4) is 0 Å². The fourth-order valence-corrected chi connectivity index (χ4v) is 0.927. The van der Waals surface area contributed by atoms with E-state index in [9.17, 15) is 0 Å². The summed E-state index contributed by atoms with van der Waals surface area (Å²) in [7, 11) is 0. The summed E-state index contributed by atoms with van der Waals surface area (Å²) in [6, 6.07) is 9.83. The van der Waals surface area contributed by atoms with Crippen LogP contribution in [0.4, 0.5) is 0 Å². The Labute approximate surface area is 75.5 Å². The Kier molecular flexibility index (Phi) is 2.14. The lowest BCUT2D eigenvalue weighted by Gasteiger charge is -1.90. The number of hydrogen-bond donors (Lipinski definition) is 0. The number of rotatable bonds is 2. The zero-order chi connectivity index (χ0) is 8.93. The maximum absolute atomic E-state index is 4.05. The van der Waals surface area contributed by atoms with Crippen molar-refractivity contribution in [3.63, 3.8) is 0 Å². The Morgan fingerprint density at radius 3 is 2.77 bits per heavy atom. The third kappa shape index (κ3) is 1.99. The lowest BCUT2D eigenvalue weighted by atomic mass is 10.2. The van der Waals surface area contributed by atoms with Gasteiger partial charge in [0.05, 0.1) is 6.21 Å². The first-order valence-electron chi connectivity index (χ1n) is 3.89. The van der Waals surface area contributed by atoms with Gasteiger partial charge in [-0.15, -0.1) is 9.89 Å². The van der Waals surface area contributed by atoms with Crippen LogP contribution in [0, 0.1) is 0 Å². The number of nitrogens with zero attached hydrogens (tertiary/aromatic N) is 4. The zero-order valence-corrected chi connectivity index (χ0v) is 6.91. The lowest BCUT2D eigenvalue weighted by Crippen LogP contribution is -1.89. The van der Waals surface area contributed by atoms with Gasteiger partial charge in [-0.05, 0) is 5.56 Å². The minimum atomic E-state index is 1.04. The molecule has 13 heavy (non-hydrogen) atoms. The minimum absolute atomic E-state index is 1.04. The third-order valence-electron chi connectivity index (χ3n) is 1.53. The largest absolute Gasteiger partial charge is 0.221 e. The molecule has 1 heterocycles. The van der Waals surface area contributed by atoms with Gasteiger partial charge in [-0.1, -0.05) is 30.3 Å². The zero-order valence-electron chi connectivity index (χ0n) is 6.91. The second-order valence-corrected chi connectivity index (χ2v) is 2.47. The van der Waals surface area contributed by atoms with Gasteiger partial charge in [-0.25, -0.2) is 4.98 Å². The van der Waals surface area contributed by atoms with Crippen molar-refractivity contribution in [1.29, 1.82) is 0 Å². The molecule has 0 spiro atoms. The van der Waals surface area contributed by atoms with E-state index in [0.717, 1.165) is 5.56 Å². The van der Waals surface area contributed by atoms with Crippen LogP contribution in [-0.2, 0) is 0 Å². The summed E-state index contributed by atoms with van der Waals surface area (Å²) in [5, 5.41) is 7.89. The van der Waals surface area contributed by atoms with E-state index < -0.39 is 0 Å². The topological polar surface area (TPSA) is 43.1 Å². The van der Waals surface area contributed by atoms with Crippen molar-refractivity contribution in [3.8, 4) is 0 Å². The smallest absolute Gasteiger partial charge is 0.139 e. The molecule has 0 saturated carbocycles. The van der Waals surface area contributed by atoms with E-state index in [1.807, 2.05) is 30.3 Å². The van der Waals surface area contributed by atoms with E-state index in [-0.39, 0.29) is 0 Å². The fourth-order valence-electron chi connectivity index (χ4n) is 0.927. The molecule has 2 rings (SSSR count). The highest BCUT2D eigenvalue weighted by molar-refractivity contribution is 5.79. The molecule has 0 amide bonds. The maximum Gasteiger partial charge on any atom is 0.139 e. The van der Waals surface area contributed by atoms with E-state index in [2.05, 4.69) is 15.2 Å². The highest BCUT2D eigenvalue weighted by Crippen LogP contribution is 1.93. The standard InChI is InChI=1S/C9H8N4/c1-2-4-9(5-3-1)6-11-13-8-10-7-12-13/h1-8H. The Hall–Kier alpha value is -1.97. The van der Waals surface area contributed by atoms with Gasteiger partial charge in [-0.2, -0.15) is 5.10 Å². The van der Waals surface area contributed by atoms with Gasteiger partial charge in [0.1, 0.15) is 12.7 Å². The van der Waals surface area contributed by atoms with Gasteiger partial charge in [0, 0.05) is 0 Å². The van der Waals surface area contributed by atoms with Gasteiger partial charge in [0.15, 0.2) is 0 Å². The van der Waals surface area contributed by atoms with Crippen LogP contribution in [0.1, 0.15) is 5.56 Å². The van der Waals surface area contributed by atoms with Crippen LogP contribution in [-0.4, -0.2) is 21.1 Å². The summed E-state index contributed by atoms with van der Waals surface area (Å²) in [5.41, 5.74) is 1.04. The van der Waals surface area contributed by atoms with Gasteiger partial charge in [-0.3, -0.25) is 0 Å². The highest BCUT2D eigenvalue weighted by Gasteiger charge is 1.85. The Bertz CT molecular complexity index is 377. The van der Waals surface area contributed by atoms with E-state index in [1.165, 1.54) is 11.1 Å². The third-order valence-corrected chi connectivity index (χ3v) is 1.53. The first kappa shape index (κ1) is 7.67. The maximum atomic E-state index is 4.05. The van der Waals surface area contributed by atoms with Gasteiger partial charge in [0.2, 0.25) is 0 Å². The van der Waals surface area contributed by atoms with Crippen LogP contribution in [0.5, 0.6) is 0 Å². The molecule has 0 aliphatic carbocycles. The summed E-state index contributed by atoms with van der Waals surface area (Å²) in [6.07, 6.45) is 4.72. The molecular formula is C9H8N4. The van der Waals surface area contributed by atoms with Gasteiger partial charge >= 0.3 is 0 Å². The normalized spacial score (nSPS) is 10.8. The molecule has 0 unspecified atom stereocenters. The summed E-state index contributed by atoms with van der Waals surface area (Å²) >= 11 is 0. The van der Waals surface area contributed by atoms with E-state index >= 15 is 0 Å². The SMILES string of the molecule is C(=Nn1cncn1)c1ccccc1. The predicted octanol–water partition coefficient (Wildman–Crippen LogP) is 1.16. The molecule has 4 heteroatoms. The van der Waals surface area contributed by atoms with Crippen LogP contribution in [0.25, 0.3) is 0 Å². The summed E-state index contributed by atoms with van der Waals surface area (Å²) < 4.78 is 0. The summed E-state index contributed by atoms with van der Waals surface area (Å²) in [5.74, 6) is 0. The fraction of sp³-hybridized carbons (Fsp3) is 0. The molecule has 0 N–H and O–H groups in total. The van der Waals surface area contributed by atoms with Crippen LogP contribution in [0.2, 0.25) is 0 Å². The van der Waals surface area contributed by atoms with Crippen molar-refractivity contribution < 1.29 is 0 Å². The Morgan fingerprint density at radius 2 is 2.08 bits per heavy atom. The second kappa shape index (κ2) is 3.62. The monoisotopic (exact) mass is 172 g/mol. The van der Waals surface area contributed by atoms with Crippen molar-refractivity contribution in [1.82, 2.24) is 14.9 Å². The molecule has 0 radical (unpaired) electrons. The van der Waals surface area contributed by atoms with Crippen molar-refractivity contribution in [2.24, 2.45) is 5.10 Å². The molecule has 0 aliphatic rings. The molecule has 1 aromatic carbocycles. The van der Waals surface area contributed by atoms with Crippen LogP contribution < -0.4 is 0 Å². The van der Waals surface area contributed by atoms with Crippen molar-refractivity contribution in [2.75, 3.05) is 0 Å². The van der Waals surface area contributed by atoms with Crippen molar-refractivity contribution in [2.45, 2.75) is 0 Å². The molecule has 0 fully saturated rings. The van der Waals surface area contributed by atoms with E-state index in [1.54, 1.807) is 12.5 Å². The van der Waals surface area contributed by atoms with Gasteiger partial charge in [0.25, 0.3) is 0 Å².